The van der Waals surface area contributed by atoms with Crippen molar-refractivity contribution in [2.75, 3.05) is 32.8 Å². The SMILES string of the molecule is CC(C)(CN1CCOCC1)NCc1nonc1C(Cc1ccc(F)c(Cl)c1)=NO. The molecule has 2 N–H and O–H groups in total. The van der Waals surface area contributed by atoms with Gasteiger partial charge in [0.1, 0.15) is 17.2 Å². The number of rotatable bonds is 8. The van der Waals surface area contributed by atoms with Gasteiger partial charge in [0, 0.05) is 38.1 Å². The minimum atomic E-state index is -0.506. The van der Waals surface area contributed by atoms with Crippen molar-refractivity contribution in [3.8, 4) is 0 Å². The van der Waals surface area contributed by atoms with E-state index in [4.69, 9.17) is 21.0 Å². The van der Waals surface area contributed by atoms with E-state index in [0.717, 1.165) is 32.8 Å². The van der Waals surface area contributed by atoms with E-state index < -0.39 is 5.82 Å². The molecule has 0 bridgehead atoms. The molecule has 0 saturated carbocycles. The van der Waals surface area contributed by atoms with Crippen LogP contribution in [0.15, 0.2) is 28.0 Å². The van der Waals surface area contributed by atoms with Gasteiger partial charge >= 0.3 is 0 Å². The predicted molar refractivity (Wildman–Crippen MR) is 106 cm³/mol. The van der Waals surface area contributed by atoms with Crippen LogP contribution in [-0.4, -0.2) is 64.5 Å². The first-order chi connectivity index (χ1) is 13.9. The van der Waals surface area contributed by atoms with Gasteiger partial charge in [-0.3, -0.25) is 4.90 Å². The van der Waals surface area contributed by atoms with E-state index in [-0.39, 0.29) is 22.7 Å². The summed E-state index contributed by atoms with van der Waals surface area (Å²) in [4.78, 5) is 2.34. The zero-order valence-corrected chi connectivity index (χ0v) is 17.2. The van der Waals surface area contributed by atoms with Gasteiger partial charge in [-0.1, -0.05) is 28.0 Å². The second-order valence-electron chi connectivity index (χ2n) is 7.66. The topological polar surface area (TPSA) is 96.0 Å². The fraction of sp³-hybridized carbons (Fsp3) is 0.526. The summed E-state index contributed by atoms with van der Waals surface area (Å²) >= 11 is 5.83. The van der Waals surface area contributed by atoms with Gasteiger partial charge in [-0.15, -0.1) is 0 Å². The molecule has 10 heteroatoms. The maximum Gasteiger partial charge on any atom is 0.157 e. The van der Waals surface area contributed by atoms with Crippen LogP contribution >= 0.6 is 11.6 Å². The highest BCUT2D eigenvalue weighted by Gasteiger charge is 2.25. The van der Waals surface area contributed by atoms with E-state index in [1.165, 1.54) is 12.1 Å². The van der Waals surface area contributed by atoms with Gasteiger partial charge < -0.3 is 15.3 Å². The normalized spacial score (nSPS) is 16.3. The minimum Gasteiger partial charge on any atom is -0.411 e. The summed E-state index contributed by atoms with van der Waals surface area (Å²) in [5.41, 5.74) is 1.63. The Labute approximate surface area is 173 Å². The molecule has 8 nitrogen and oxygen atoms in total. The molecule has 2 heterocycles. The van der Waals surface area contributed by atoms with Gasteiger partial charge in [0.25, 0.3) is 0 Å². The Hall–Kier alpha value is -2.07. The summed E-state index contributed by atoms with van der Waals surface area (Å²) in [6, 6.07) is 4.33. The molecule has 158 valence electrons. The van der Waals surface area contributed by atoms with Crippen LogP contribution in [0.1, 0.15) is 30.8 Å². The van der Waals surface area contributed by atoms with Crippen LogP contribution in [0.2, 0.25) is 5.02 Å². The fourth-order valence-corrected chi connectivity index (χ4v) is 3.45. The molecule has 1 aromatic heterocycles. The van der Waals surface area contributed by atoms with Crippen molar-refractivity contribution in [1.29, 1.82) is 0 Å². The van der Waals surface area contributed by atoms with Crippen LogP contribution in [0.4, 0.5) is 4.39 Å². The lowest BCUT2D eigenvalue weighted by Gasteiger charge is -2.35. The number of ether oxygens (including phenoxy) is 1. The number of nitrogens with one attached hydrogen (secondary N) is 1. The smallest absolute Gasteiger partial charge is 0.157 e. The van der Waals surface area contributed by atoms with Crippen molar-refractivity contribution in [1.82, 2.24) is 20.5 Å². The molecule has 1 fully saturated rings. The van der Waals surface area contributed by atoms with E-state index in [9.17, 15) is 9.60 Å². The van der Waals surface area contributed by atoms with E-state index >= 15 is 0 Å². The highest BCUT2D eigenvalue weighted by molar-refractivity contribution is 6.30. The van der Waals surface area contributed by atoms with Gasteiger partial charge in [-0.2, -0.15) is 0 Å². The number of hydrogen-bond acceptors (Lipinski definition) is 8. The van der Waals surface area contributed by atoms with Crippen molar-refractivity contribution in [3.63, 3.8) is 0 Å². The zero-order valence-electron chi connectivity index (χ0n) is 16.5. The van der Waals surface area contributed by atoms with E-state index in [1.54, 1.807) is 6.07 Å². The maximum atomic E-state index is 13.4. The molecule has 3 rings (SSSR count). The number of aromatic nitrogens is 2. The summed E-state index contributed by atoms with van der Waals surface area (Å²) in [7, 11) is 0. The second kappa shape index (κ2) is 9.62. The molecule has 1 aliphatic heterocycles. The molecule has 1 aromatic carbocycles. The first kappa shape index (κ1) is 21.6. The lowest BCUT2D eigenvalue weighted by molar-refractivity contribution is 0.0268. The third kappa shape index (κ3) is 5.96. The van der Waals surface area contributed by atoms with E-state index in [1.807, 2.05) is 0 Å². The number of morpholine rings is 1. The Balaban J connectivity index is 1.64. The average Bonchev–Trinajstić information content (AvgIpc) is 3.16. The van der Waals surface area contributed by atoms with Gasteiger partial charge in [-0.05, 0) is 36.7 Å². The van der Waals surface area contributed by atoms with Crippen LogP contribution in [0.5, 0.6) is 0 Å². The molecular weight excluding hydrogens is 401 g/mol. The van der Waals surface area contributed by atoms with Gasteiger partial charge in [0.2, 0.25) is 0 Å². The maximum absolute atomic E-state index is 13.4. The minimum absolute atomic E-state index is 0.00446. The lowest BCUT2D eigenvalue weighted by atomic mass is 10.0. The lowest BCUT2D eigenvalue weighted by Crippen LogP contribution is -2.51. The first-order valence-corrected chi connectivity index (χ1v) is 9.77. The van der Waals surface area contributed by atoms with Crippen LogP contribution in [-0.2, 0) is 17.7 Å². The quantitative estimate of drug-likeness (QED) is 0.381. The Kier molecular flexibility index (Phi) is 7.18. The van der Waals surface area contributed by atoms with Crippen LogP contribution in [0.25, 0.3) is 0 Å². The molecule has 1 saturated heterocycles. The Morgan fingerprint density at radius 2 is 2.10 bits per heavy atom. The molecule has 0 radical (unpaired) electrons. The fourth-order valence-electron chi connectivity index (χ4n) is 3.25. The van der Waals surface area contributed by atoms with Gasteiger partial charge in [0.05, 0.1) is 18.2 Å². The van der Waals surface area contributed by atoms with Crippen LogP contribution in [0, 0.1) is 5.82 Å². The Bertz CT molecular complexity index is 852. The number of halogens is 2. The summed E-state index contributed by atoms with van der Waals surface area (Å²) in [6.45, 7) is 8.76. The Morgan fingerprint density at radius 1 is 1.34 bits per heavy atom. The zero-order chi connectivity index (χ0) is 20.9. The number of nitrogens with zero attached hydrogens (tertiary/aromatic N) is 4. The molecule has 0 unspecified atom stereocenters. The Morgan fingerprint density at radius 3 is 2.79 bits per heavy atom. The van der Waals surface area contributed by atoms with Gasteiger partial charge in [0.15, 0.2) is 5.69 Å². The van der Waals surface area contributed by atoms with Crippen LogP contribution < -0.4 is 5.32 Å². The molecule has 0 spiro atoms. The summed E-state index contributed by atoms with van der Waals surface area (Å²) in [5.74, 6) is -0.506. The number of hydrogen-bond donors (Lipinski definition) is 2. The predicted octanol–water partition coefficient (Wildman–Crippen LogP) is 2.48. The van der Waals surface area contributed by atoms with Crippen molar-refractivity contribution in [2.45, 2.75) is 32.4 Å². The molecular formula is C19H25ClFN5O3. The van der Waals surface area contributed by atoms with E-state index in [0.29, 0.717) is 23.5 Å². The van der Waals surface area contributed by atoms with E-state index in [2.05, 4.69) is 39.5 Å². The van der Waals surface area contributed by atoms with Gasteiger partial charge in [-0.25, -0.2) is 9.02 Å². The molecule has 29 heavy (non-hydrogen) atoms. The highest BCUT2D eigenvalue weighted by atomic mass is 35.5. The van der Waals surface area contributed by atoms with Crippen molar-refractivity contribution < 1.29 is 19.0 Å². The largest absolute Gasteiger partial charge is 0.411 e. The van der Waals surface area contributed by atoms with Crippen molar-refractivity contribution >= 4 is 17.3 Å². The summed E-state index contributed by atoms with van der Waals surface area (Å²) in [6.07, 6.45) is 0.203. The number of oxime groups is 1. The average molecular weight is 426 g/mol. The van der Waals surface area contributed by atoms with Crippen LogP contribution in [0.3, 0.4) is 0 Å². The molecule has 0 amide bonds. The third-order valence-corrected chi connectivity index (χ3v) is 5.05. The summed E-state index contributed by atoms with van der Waals surface area (Å²) in [5, 5.41) is 24.1. The standard InChI is InChI=1S/C19H25ClFN5O3/c1-19(2,12-26-5-7-28-8-6-26)22-11-17-18(25-29-24-17)16(23-27)10-13-3-4-15(21)14(20)9-13/h3-4,9,22,27H,5-8,10-12H2,1-2H3. The molecule has 0 aliphatic carbocycles. The monoisotopic (exact) mass is 425 g/mol. The number of benzene rings is 1. The second-order valence-corrected chi connectivity index (χ2v) is 8.06. The van der Waals surface area contributed by atoms with Crippen molar-refractivity contribution in [2.24, 2.45) is 5.16 Å². The first-order valence-electron chi connectivity index (χ1n) is 9.40. The summed E-state index contributed by atoms with van der Waals surface area (Å²) < 4.78 is 23.6. The third-order valence-electron chi connectivity index (χ3n) is 4.76. The molecule has 1 aliphatic rings. The van der Waals surface area contributed by atoms with Crippen molar-refractivity contribution in [3.05, 3.63) is 46.0 Å². The molecule has 2 aromatic rings. The molecule has 0 atom stereocenters. The highest BCUT2D eigenvalue weighted by Crippen LogP contribution is 2.18.